The minimum absolute atomic E-state index is 0.0862. The quantitative estimate of drug-likeness (QED) is 0.262. The predicted molar refractivity (Wildman–Crippen MR) is 76.5 cm³/mol. The van der Waals surface area contributed by atoms with Crippen LogP contribution >= 0.6 is 0 Å². The number of rotatable bonds is 5. The van der Waals surface area contributed by atoms with E-state index in [1.165, 1.54) is 0 Å². The topological polar surface area (TPSA) is 183 Å². The molecule has 2 fully saturated rings. The molecule has 2 aliphatic rings. The van der Waals surface area contributed by atoms with Crippen LogP contribution in [0.15, 0.2) is 0 Å². The van der Waals surface area contributed by atoms with E-state index in [9.17, 15) is 37.5 Å². The van der Waals surface area contributed by atoms with Crippen molar-refractivity contribution in [2.45, 2.75) is 37.7 Å². The first-order valence-electron chi connectivity index (χ1n) is 7.18. The van der Waals surface area contributed by atoms with Gasteiger partial charge in [0.1, 0.15) is 0 Å². The van der Waals surface area contributed by atoms with Crippen molar-refractivity contribution in [2.24, 2.45) is 0 Å². The normalized spacial score (nSPS) is 18.6. The average molecular weight is 408 g/mol. The Morgan fingerprint density at radius 3 is 1.41 bits per heavy atom. The summed E-state index contributed by atoms with van der Waals surface area (Å²) in [4.78, 5) is 77.3. The lowest BCUT2D eigenvalue weighted by Gasteiger charge is -2.25. The Labute approximate surface area is 152 Å². The third-order valence-corrected chi connectivity index (χ3v) is 4.00. The average Bonchev–Trinajstić information content (AvgIpc) is 3.04. The van der Waals surface area contributed by atoms with Crippen molar-refractivity contribution in [3.8, 4) is 0 Å². The highest BCUT2D eigenvalue weighted by molar-refractivity contribution is 7.80. The van der Waals surface area contributed by atoms with E-state index < -0.39 is 52.1 Å². The first kappa shape index (κ1) is 20.2. The van der Waals surface area contributed by atoms with Gasteiger partial charge in [-0.3, -0.25) is 28.9 Å². The van der Waals surface area contributed by atoms with Gasteiger partial charge in [-0.15, -0.1) is 0 Å². The molecule has 0 aromatic carbocycles. The van der Waals surface area contributed by atoms with Gasteiger partial charge in [0.05, 0.1) is 0 Å². The van der Waals surface area contributed by atoms with Crippen molar-refractivity contribution in [1.82, 2.24) is 10.1 Å². The molecule has 1 N–H and O–H groups in total. The molecule has 4 amide bonds. The second-order valence-electron chi connectivity index (χ2n) is 5.16. The number of carbonyl (C=O) groups excluding carboxylic acids is 6. The molecular formula is C12H12N2O12S. The number of nitrogens with zero attached hydrogens (tertiary/aromatic N) is 2. The van der Waals surface area contributed by atoms with Crippen molar-refractivity contribution in [1.29, 1.82) is 0 Å². The fourth-order valence-corrected chi connectivity index (χ4v) is 2.18. The van der Waals surface area contributed by atoms with Gasteiger partial charge in [0.25, 0.3) is 23.6 Å². The molecule has 0 aromatic rings. The summed E-state index contributed by atoms with van der Waals surface area (Å²) in [6.45, 7) is 0.646. The molecule has 2 rings (SSSR count). The number of hydrogen-bond acceptors (Lipinski definition) is 11. The standard InChI is InChI=1S/C12H12N2O12S/c1-12(27(21)22,23-10(19)25-13-6(15)2-3-7(13)16)24-11(20)26-14-8(17)4-5-9(14)18/h2-5H2,1H3,(H,21,22). The molecule has 27 heavy (non-hydrogen) atoms. The summed E-state index contributed by atoms with van der Waals surface area (Å²) in [5.41, 5.74) is 0. The van der Waals surface area contributed by atoms with E-state index >= 15 is 0 Å². The summed E-state index contributed by atoms with van der Waals surface area (Å²) in [6, 6.07) is 0. The Bertz CT molecular complexity index is 665. The first-order chi connectivity index (χ1) is 12.5. The molecule has 2 heterocycles. The lowest BCUT2D eigenvalue weighted by molar-refractivity contribution is -0.200. The molecule has 2 saturated heterocycles. The van der Waals surface area contributed by atoms with Gasteiger partial charge in [-0.25, -0.2) is 13.8 Å². The van der Waals surface area contributed by atoms with E-state index in [1.54, 1.807) is 0 Å². The first-order valence-corrected chi connectivity index (χ1v) is 8.28. The van der Waals surface area contributed by atoms with Crippen LogP contribution in [0.2, 0.25) is 0 Å². The summed E-state index contributed by atoms with van der Waals surface area (Å²) in [5, 5.41) is -2.74. The second kappa shape index (κ2) is 7.67. The highest BCUT2D eigenvalue weighted by atomic mass is 32.2. The Balaban J connectivity index is 2.00. The van der Waals surface area contributed by atoms with Crippen LogP contribution in [0, 0.1) is 0 Å². The van der Waals surface area contributed by atoms with Gasteiger partial charge >= 0.3 is 17.4 Å². The minimum atomic E-state index is -3.17. The van der Waals surface area contributed by atoms with E-state index in [2.05, 4.69) is 19.1 Å². The highest BCUT2D eigenvalue weighted by Gasteiger charge is 2.45. The molecule has 2 aliphatic heterocycles. The van der Waals surface area contributed by atoms with E-state index in [-0.39, 0.29) is 35.8 Å². The zero-order valence-corrected chi connectivity index (χ0v) is 14.4. The van der Waals surface area contributed by atoms with E-state index in [4.69, 9.17) is 0 Å². The molecule has 1 unspecified atom stereocenters. The third-order valence-electron chi connectivity index (χ3n) is 3.20. The summed E-state index contributed by atoms with van der Waals surface area (Å²) in [5.74, 6) is -3.41. The van der Waals surface area contributed by atoms with Crippen LogP contribution in [0.1, 0.15) is 32.6 Å². The Morgan fingerprint density at radius 1 is 0.852 bits per heavy atom. The smallest absolute Gasteiger partial charge is 0.375 e. The number of carbonyl (C=O) groups is 6. The van der Waals surface area contributed by atoms with Crippen LogP contribution in [0.25, 0.3) is 0 Å². The summed E-state index contributed by atoms with van der Waals surface area (Å²) >= 11 is -3.17. The van der Waals surface area contributed by atoms with Crippen LogP contribution in [0.5, 0.6) is 0 Å². The summed E-state index contributed by atoms with van der Waals surface area (Å²) in [7, 11) is 0. The molecule has 0 spiro atoms. The number of hydrogen-bond donors (Lipinski definition) is 1. The van der Waals surface area contributed by atoms with Crippen molar-refractivity contribution in [3.63, 3.8) is 0 Å². The van der Waals surface area contributed by atoms with Crippen LogP contribution in [-0.2, 0) is 49.4 Å². The molecule has 0 aliphatic carbocycles. The van der Waals surface area contributed by atoms with E-state index in [0.717, 1.165) is 0 Å². The zero-order chi connectivity index (χ0) is 20.4. The lowest BCUT2D eigenvalue weighted by Crippen LogP contribution is -2.44. The zero-order valence-electron chi connectivity index (χ0n) is 13.6. The van der Waals surface area contributed by atoms with Gasteiger partial charge in [0.15, 0.2) is 0 Å². The lowest BCUT2D eigenvalue weighted by atomic mass is 10.4. The number of hydroxylamine groups is 4. The van der Waals surface area contributed by atoms with Crippen molar-refractivity contribution >= 4 is 47.0 Å². The number of ether oxygens (including phenoxy) is 2. The number of amides is 4. The van der Waals surface area contributed by atoms with Gasteiger partial charge in [0, 0.05) is 32.6 Å². The molecule has 148 valence electrons. The van der Waals surface area contributed by atoms with Crippen molar-refractivity contribution < 1.29 is 56.7 Å². The monoisotopic (exact) mass is 408 g/mol. The maximum atomic E-state index is 11.7. The van der Waals surface area contributed by atoms with Gasteiger partial charge < -0.3 is 14.0 Å². The fraction of sp³-hybridized carbons (Fsp3) is 0.500. The Morgan fingerprint density at radius 2 is 1.15 bits per heavy atom. The second-order valence-corrected chi connectivity index (χ2v) is 6.40. The van der Waals surface area contributed by atoms with E-state index in [0.29, 0.717) is 6.92 Å². The molecule has 0 bridgehead atoms. The number of imide groups is 2. The molecule has 1 atom stereocenters. The fourth-order valence-electron chi connectivity index (χ4n) is 1.90. The van der Waals surface area contributed by atoms with Crippen LogP contribution < -0.4 is 0 Å². The summed E-state index contributed by atoms with van der Waals surface area (Å²) in [6.07, 6.45) is -4.48. The highest BCUT2D eigenvalue weighted by Crippen LogP contribution is 2.21. The largest absolute Gasteiger partial charge is 0.538 e. The molecule has 0 saturated carbocycles. The molecule has 15 heteroatoms. The predicted octanol–water partition coefficient (Wildman–Crippen LogP) is -0.684. The molecule has 14 nitrogen and oxygen atoms in total. The van der Waals surface area contributed by atoms with Gasteiger partial charge in [-0.2, -0.15) is 0 Å². The van der Waals surface area contributed by atoms with Crippen LogP contribution in [-0.4, -0.2) is 59.9 Å². The van der Waals surface area contributed by atoms with Crippen molar-refractivity contribution in [3.05, 3.63) is 0 Å². The van der Waals surface area contributed by atoms with Gasteiger partial charge in [-0.05, 0) is 0 Å². The van der Waals surface area contributed by atoms with Gasteiger partial charge in [0.2, 0.25) is 11.1 Å². The third kappa shape index (κ3) is 4.56. The molecular weight excluding hydrogens is 396 g/mol. The Kier molecular flexibility index (Phi) is 5.75. The maximum absolute atomic E-state index is 11.7. The van der Waals surface area contributed by atoms with Crippen molar-refractivity contribution in [2.75, 3.05) is 0 Å². The maximum Gasteiger partial charge on any atom is 0.538 e. The molecule has 0 aromatic heterocycles. The van der Waals surface area contributed by atoms with Crippen LogP contribution in [0.3, 0.4) is 0 Å². The SMILES string of the molecule is CC(OC(=O)ON1C(=O)CCC1=O)(OC(=O)ON1C(=O)CCC1=O)S(=O)O. The minimum Gasteiger partial charge on any atom is -0.375 e. The van der Waals surface area contributed by atoms with E-state index in [1.807, 2.05) is 0 Å². The van der Waals surface area contributed by atoms with Crippen LogP contribution in [0.4, 0.5) is 9.59 Å². The van der Waals surface area contributed by atoms with Gasteiger partial charge in [-0.1, -0.05) is 10.1 Å². The Hall–Kier alpha value is -3.07. The summed E-state index contributed by atoms with van der Waals surface area (Å²) < 4.78 is 29.3. The molecule has 0 radical (unpaired) electrons.